The minimum absolute atomic E-state index is 0. The Balaban J connectivity index is 0.00000144. The summed E-state index contributed by atoms with van der Waals surface area (Å²) in [5, 5.41) is 8.64. The molecule has 8 heteroatoms. The minimum atomic E-state index is -1.47. The summed E-state index contributed by atoms with van der Waals surface area (Å²) in [6, 6.07) is 1.28. The van der Waals surface area contributed by atoms with E-state index in [1.54, 1.807) is 0 Å². The average Bonchev–Trinajstić information content (AvgIpc) is 2.67. The first kappa shape index (κ1) is 14.2. The largest absolute Gasteiger partial charge is 1.00 e. The van der Waals surface area contributed by atoms with Gasteiger partial charge in [0.15, 0.2) is 17.8 Å². The number of hydrogen-bond donors (Lipinski definition) is 1. The molecule has 1 aromatic rings. The molecule has 1 aliphatic rings. The first-order chi connectivity index (χ1) is 7.54. The van der Waals surface area contributed by atoms with Gasteiger partial charge in [0.1, 0.15) is 5.02 Å². The number of carbonyl (C=O) groups excluding carboxylic acids is 1. The van der Waals surface area contributed by atoms with Crippen molar-refractivity contribution in [1.29, 1.82) is 0 Å². The summed E-state index contributed by atoms with van der Waals surface area (Å²) in [5.41, 5.74) is 0.111. The Bertz CT molecular complexity index is 496. The zero-order valence-electron chi connectivity index (χ0n) is 9.57. The fraction of sp³-hybridized carbons (Fsp3) is 0.111. The standard InChI is InChI=1S/C9H4Cl2O5.Li.H/c10-5-3(2-12)1-4-7(6(5)11)16-9(15-4)8(13)14;;/h1-2,9H,(H,13,14);;/q;+1;-1. The average molecular weight is 271 g/mol. The van der Waals surface area contributed by atoms with Crippen molar-refractivity contribution >= 4 is 35.5 Å². The number of carbonyl (C=O) groups is 2. The summed E-state index contributed by atoms with van der Waals surface area (Å²) in [5.74, 6) is -1.18. The molecule has 2 rings (SSSR count). The molecule has 0 spiro atoms. The Morgan fingerprint density at radius 3 is 2.59 bits per heavy atom. The monoisotopic (exact) mass is 270 g/mol. The van der Waals surface area contributed by atoms with E-state index in [0.29, 0.717) is 6.29 Å². The van der Waals surface area contributed by atoms with Gasteiger partial charge in [-0.15, -0.1) is 0 Å². The van der Waals surface area contributed by atoms with Crippen molar-refractivity contribution in [1.82, 2.24) is 0 Å². The Morgan fingerprint density at radius 1 is 1.41 bits per heavy atom. The Labute approximate surface area is 119 Å². The third-order valence-corrected chi connectivity index (χ3v) is 2.81. The predicted octanol–water partition coefficient (Wildman–Crippen LogP) is -0.896. The Kier molecular flexibility index (Phi) is 4.34. The van der Waals surface area contributed by atoms with Crippen LogP contribution in [0.1, 0.15) is 11.8 Å². The SMILES string of the molecule is O=Cc1cc2c(c(Cl)c1Cl)OC(C(=O)O)O2.[H-].[Li+]. The molecule has 1 N–H and O–H groups in total. The molecule has 0 radical (unpaired) electrons. The molecule has 0 saturated carbocycles. The first-order valence-electron chi connectivity index (χ1n) is 4.08. The minimum Gasteiger partial charge on any atom is -1.00 e. The number of aliphatic carboxylic acids is 1. The molecule has 0 saturated heterocycles. The molecule has 0 aromatic heterocycles. The van der Waals surface area contributed by atoms with Crippen molar-refractivity contribution in [2.75, 3.05) is 0 Å². The second-order valence-electron chi connectivity index (χ2n) is 2.94. The fourth-order valence-electron chi connectivity index (χ4n) is 1.24. The van der Waals surface area contributed by atoms with Crippen molar-refractivity contribution in [3.8, 4) is 11.5 Å². The number of aldehydes is 1. The summed E-state index contributed by atoms with van der Waals surface area (Å²) in [6.07, 6.45) is -0.975. The normalized spacial score (nSPS) is 16.2. The number of fused-ring (bicyclic) bond motifs is 1. The third kappa shape index (κ3) is 2.38. The number of hydrogen-bond acceptors (Lipinski definition) is 4. The van der Waals surface area contributed by atoms with Crippen molar-refractivity contribution in [2.24, 2.45) is 0 Å². The molecule has 1 unspecified atom stereocenters. The van der Waals surface area contributed by atoms with Crippen LogP contribution in [0.3, 0.4) is 0 Å². The van der Waals surface area contributed by atoms with Gasteiger partial charge in [0.2, 0.25) is 0 Å². The van der Waals surface area contributed by atoms with Crippen LogP contribution in [0.4, 0.5) is 0 Å². The van der Waals surface area contributed by atoms with E-state index in [1.165, 1.54) is 6.07 Å². The summed E-state index contributed by atoms with van der Waals surface area (Å²) in [4.78, 5) is 21.3. The molecular weight excluding hydrogens is 266 g/mol. The van der Waals surface area contributed by atoms with Crippen LogP contribution in [0, 0.1) is 0 Å². The molecule has 5 nitrogen and oxygen atoms in total. The van der Waals surface area contributed by atoms with Crippen LogP contribution in [-0.2, 0) is 4.79 Å². The molecule has 1 atom stereocenters. The fourth-order valence-corrected chi connectivity index (χ4v) is 1.67. The van der Waals surface area contributed by atoms with E-state index in [1.807, 2.05) is 0 Å². The number of ether oxygens (including phenoxy) is 2. The van der Waals surface area contributed by atoms with E-state index in [2.05, 4.69) is 0 Å². The maximum absolute atomic E-state index is 10.6. The van der Waals surface area contributed by atoms with E-state index >= 15 is 0 Å². The van der Waals surface area contributed by atoms with Gasteiger partial charge in [-0.05, 0) is 6.07 Å². The van der Waals surface area contributed by atoms with Gasteiger partial charge in [-0.2, -0.15) is 0 Å². The zero-order chi connectivity index (χ0) is 11.9. The van der Waals surface area contributed by atoms with E-state index in [4.69, 9.17) is 37.8 Å². The Hall–Kier alpha value is -0.863. The number of carboxylic acids is 1. The molecule has 0 amide bonds. The quantitative estimate of drug-likeness (QED) is 0.557. The van der Waals surface area contributed by atoms with Gasteiger partial charge in [-0.25, -0.2) is 4.79 Å². The van der Waals surface area contributed by atoms with Crippen molar-refractivity contribution < 1.29 is 44.5 Å². The number of carboxylic acid groups (broad SMARTS) is 1. The summed E-state index contributed by atoms with van der Waals surface area (Å²) in [6.45, 7) is 0. The van der Waals surface area contributed by atoms with Crippen molar-refractivity contribution in [3.63, 3.8) is 0 Å². The number of halogens is 2. The van der Waals surface area contributed by atoms with Gasteiger partial charge in [0.25, 0.3) is 0 Å². The molecule has 1 heterocycles. The maximum atomic E-state index is 10.6. The second-order valence-corrected chi connectivity index (χ2v) is 3.70. The van der Waals surface area contributed by atoms with Crippen LogP contribution < -0.4 is 28.3 Å². The zero-order valence-corrected chi connectivity index (χ0v) is 10.1. The van der Waals surface area contributed by atoms with Gasteiger partial charge in [-0.1, -0.05) is 23.2 Å². The molecule has 0 bridgehead atoms. The van der Waals surface area contributed by atoms with Crippen LogP contribution in [0.15, 0.2) is 6.07 Å². The first-order valence-corrected chi connectivity index (χ1v) is 4.83. The topological polar surface area (TPSA) is 72.8 Å². The molecule has 1 aromatic carbocycles. The molecule has 17 heavy (non-hydrogen) atoms. The van der Waals surface area contributed by atoms with Crippen LogP contribution in [0.2, 0.25) is 10.0 Å². The molecular formula is C9H5Cl2LiO5. The third-order valence-electron chi connectivity index (χ3n) is 1.94. The van der Waals surface area contributed by atoms with E-state index in [0.717, 1.165) is 0 Å². The Morgan fingerprint density at radius 2 is 2.06 bits per heavy atom. The maximum Gasteiger partial charge on any atom is 1.00 e. The predicted molar refractivity (Wildman–Crippen MR) is 55.6 cm³/mol. The molecule has 0 fully saturated rings. The van der Waals surface area contributed by atoms with Crippen molar-refractivity contribution in [2.45, 2.75) is 6.29 Å². The van der Waals surface area contributed by atoms with Gasteiger partial charge >= 0.3 is 31.1 Å². The van der Waals surface area contributed by atoms with Gasteiger partial charge in [0, 0.05) is 5.56 Å². The van der Waals surface area contributed by atoms with Crippen LogP contribution in [-0.4, -0.2) is 23.7 Å². The van der Waals surface area contributed by atoms with Crippen LogP contribution >= 0.6 is 23.2 Å². The number of benzene rings is 1. The van der Waals surface area contributed by atoms with E-state index in [-0.39, 0.29) is 47.4 Å². The van der Waals surface area contributed by atoms with Gasteiger partial charge in [-0.3, -0.25) is 4.79 Å². The molecule has 0 aliphatic carbocycles. The molecule has 1 aliphatic heterocycles. The van der Waals surface area contributed by atoms with Gasteiger partial charge < -0.3 is 16.0 Å². The number of rotatable bonds is 2. The summed E-state index contributed by atoms with van der Waals surface area (Å²) in [7, 11) is 0. The van der Waals surface area contributed by atoms with E-state index < -0.39 is 12.3 Å². The summed E-state index contributed by atoms with van der Waals surface area (Å²) >= 11 is 11.6. The van der Waals surface area contributed by atoms with Gasteiger partial charge in [0.05, 0.1) is 5.02 Å². The smallest absolute Gasteiger partial charge is 1.00 e. The van der Waals surface area contributed by atoms with E-state index in [9.17, 15) is 9.59 Å². The van der Waals surface area contributed by atoms with Crippen LogP contribution in [0.25, 0.3) is 0 Å². The summed E-state index contributed by atoms with van der Waals surface area (Å²) < 4.78 is 9.85. The van der Waals surface area contributed by atoms with Crippen LogP contribution in [0.5, 0.6) is 11.5 Å². The second kappa shape index (κ2) is 5.19. The van der Waals surface area contributed by atoms with Crippen molar-refractivity contribution in [3.05, 3.63) is 21.7 Å². The molecule has 86 valence electrons.